The van der Waals surface area contributed by atoms with E-state index in [9.17, 15) is 16.8 Å². The van der Waals surface area contributed by atoms with Gasteiger partial charge in [0.1, 0.15) is 5.75 Å². The van der Waals surface area contributed by atoms with E-state index in [1.165, 1.54) is 44.0 Å². The molecule has 5 rings (SSSR count). The SMILES string of the molecule is O=S(=O)(c1ccc(S(=O)(=O)N2CCN(Cc3ccc4c(c3)CCO4)CC2)cc1)N1CCCC1. The molecular weight excluding hydrogens is 462 g/mol. The molecule has 0 saturated carbocycles. The maximum atomic E-state index is 13.1. The lowest BCUT2D eigenvalue weighted by atomic mass is 10.1. The summed E-state index contributed by atoms with van der Waals surface area (Å²) in [7, 11) is -7.22. The molecule has 3 aliphatic heterocycles. The predicted molar refractivity (Wildman–Crippen MR) is 124 cm³/mol. The normalized spacial score (nSPS) is 20.6. The van der Waals surface area contributed by atoms with Gasteiger partial charge in [0.05, 0.1) is 16.4 Å². The molecule has 0 spiro atoms. The number of benzene rings is 2. The summed E-state index contributed by atoms with van der Waals surface area (Å²) in [5.41, 5.74) is 2.45. The molecule has 33 heavy (non-hydrogen) atoms. The van der Waals surface area contributed by atoms with E-state index in [0.717, 1.165) is 38.2 Å². The van der Waals surface area contributed by atoms with Crippen LogP contribution in [0.4, 0.5) is 0 Å². The maximum Gasteiger partial charge on any atom is 0.243 e. The van der Waals surface area contributed by atoms with Crippen molar-refractivity contribution in [2.45, 2.75) is 35.6 Å². The Hall–Kier alpha value is -1.98. The summed E-state index contributed by atoms with van der Waals surface area (Å²) in [6.45, 7) is 4.67. The van der Waals surface area contributed by atoms with Gasteiger partial charge in [0.2, 0.25) is 20.0 Å². The van der Waals surface area contributed by atoms with Crippen LogP contribution in [0.2, 0.25) is 0 Å². The summed E-state index contributed by atoms with van der Waals surface area (Å²) in [5.74, 6) is 0.967. The van der Waals surface area contributed by atoms with E-state index >= 15 is 0 Å². The molecule has 0 bridgehead atoms. The van der Waals surface area contributed by atoms with Crippen LogP contribution in [0.25, 0.3) is 0 Å². The smallest absolute Gasteiger partial charge is 0.243 e. The Morgan fingerprint density at radius 2 is 1.30 bits per heavy atom. The summed E-state index contributed by atoms with van der Waals surface area (Å²) >= 11 is 0. The maximum absolute atomic E-state index is 13.1. The van der Waals surface area contributed by atoms with Crippen molar-refractivity contribution < 1.29 is 21.6 Å². The van der Waals surface area contributed by atoms with Crippen molar-refractivity contribution >= 4 is 20.0 Å². The number of fused-ring (bicyclic) bond motifs is 1. The second-order valence-electron chi connectivity index (χ2n) is 8.80. The summed E-state index contributed by atoms with van der Waals surface area (Å²) in [5, 5.41) is 0. The Labute approximate surface area is 195 Å². The predicted octanol–water partition coefficient (Wildman–Crippen LogP) is 1.91. The average Bonchev–Trinajstić information content (AvgIpc) is 3.52. The molecule has 3 heterocycles. The van der Waals surface area contributed by atoms with Crippen LogP contribution in [-0.2, 0) is 33.0 Å². The van der Waals surface area contributed by atoms with E-state index in [0.29, 0.717) is 39.3 Å². The van der Waals surface area contributed by atoms with Crippen LogP contribution in [0.15, 0.2) is 52.3 Å². The Kier molecular flexibility index (Phi) is 6.21. The minimum Gasteiger partial charge on any atom is -0.493 e. The van der Waals surface area contributed by atoms with Gasteiger partial charge in [-0.2, -0.15) is 8.61 Å². The van der Waals surface area contributed by atoms with Crippen LogP contribution >= 0.6 is 0 Å². The second-order valence-corrected chi connectivity index (χ2v) is 12.7. The number of nitrogens with zero attached hydrogens (tertiary/aromatic N) is 3. The monoisotopic (exact) mass is 491 g/mol. The second kappa shape index (κ2) is 8.99. The van der Waals surface area contributed by atoms with Crippen molar-refractivity contribution in [3.05, 3.63) is 53.6 Å². The molecule has 0 amide bonds. The lowest BCUT2D eigenvalue weighted by Crippen LogP contribution is -2.48. The van der Waals surface area contributed by atoms with Crippen LogP contribution in [0.3, 0.4) is 0 Å². The van der Waals surface area contributed by atoms with Crippen LogP contribution in [-0.4, -0.2) is 76.2 Å². The number of piperazine rings is 1. The third-order valence-electron chi connectivity index (χ3n) is 6.66. The van der Waals surface area contributed by atoms with Gasteiger partial charge in [-0.15, -0.1) is 0 Å². The van der Waals surface area contributed by atoms with E-state index in [2.05, 4.69) is 17.0 Å². The van der Waals surface area contributed by atoms with Gasteiger partial charge in [0.25, 0.3) is 0 Å². The fourth-order valence-corrected chi connectivity index (χ4v) is 7.67. The van der Waals surface area contributed by atoms with E-state index < -0.39 is 20.0 Å². The van der Waals surface area contributed by atoms with E-state index in [4.69, 9.17) is 4.74 Å². The van der Waals surface area contributed by atoms with Gasteiger partial charge < -0.3 is 4.74 Å². The number of ether oxygens (including phenoxy) is 1. The molecule has 10 heteroatoms. The fraction of sp³-hybridized carbons (Fsp3) is 0.478. The molecule has 2 aromatic rings. The lowest BCUT2D eigenvalue weighted by molar-refractivity contribution is 0.181. The van der Waals surface area contributed by atoms with Crippen molar-refractivity contribution in [2.75, 3.05) is 45.9 Å². The zero-order valence-corrected chi connectivity index (χ0v) is 20.2. The standard InChI is InChI=1S/C23H29N3O5S2/c27-32(28,25-10-1-2-11-25)21-4-6-22(7-5-21)33(29,30)26-14-12-24(13-15-26)18-19-3-8-23-20(17-19)9-16-31-23/h3-8,17H,1-2,9-16,18H2. The van der Waals surface area contributed by atoms with Gasteiger partial charge >= 0.3 is 0 Å². The van der Waals surface area contributed by atoms with Gasteiger partial charge in [0, 0.05) is 52.2 Å². The first-order valence-corrected chi connectivity index (χ1v) is 14.3. The van der Waals surface area contributed by atoms with Crippen molar-refractivity contribution in [3.63, 3.8) is 0 Å². The molecule has 2 saturated heterocycles. The first kappa shape index (κ1) is 22.8. The zero-order valence-electron chi connectivity index (χ0n) is 18.5. The van der Waals surface area contributed by atoms with Crippen LogP contribution in [0.1, 0.15) is 24.0 Å². The number of rotatable bonds is 6. The molecular formula is C23H29N3O5S2. The molecule has 0 aromatic heterocycles. The van der Waals surface area contributed by atoms with Gasteiger partial charge in [-0.1, -0.05) is 12.1 Å². The minimum atomic E-state index is -3.67. The topological polar surface area (TPSA) is 87.2 Å². The molecule has 2 fully saturated rings. The number of sulfonamides is 2. The average molecular weight is 492 g/mol. The molecule has 2 aromatic carbocycles. The fourth-order valence-electron chi connectivity index (χ4n) is 4.73. The molecule has 178 valence electrons. The highest BCUT2D eigenvalue weighted by Crippen LogP contribution is 2.27. The largest absolute Gasteiger partial charge is 0.493 e. The summed E-state index contributed by atoms with van der Waals surface area (Å²) < 4.78 is 60.2. The van der Waals surface area contributed by atoms with Crippen molar-refractivity contribution in [3.8, 4) is 5.75 Å². The highest BCUT2D eigenvalue weighted by molar-refractivity contribution is 7.89. The van der Waals surface area contributed by atoms with E-state index in [1.54, 1.807) is 0 Å². The van der Waals surface area contributed by atoms with Crippen molar-refractivity contribution in [1.29, 1.82) is 0 Å². The molecule has 8 nitrogen and oxygen atoms in total. The first-order valence-electron chi connectivity index (χ1n) is 11.4. The summed E-state index contributed by atoms with van der Waals surface area (Å²) in [4.78, 5) is 2.54. The summed E-state index contributed by atoms with van der Waals surface area (Å²) in [6.07, 6.45) is 2.66. The van der Waals surface area contributed by atoms with Crippen LogP contribution in [0.5, 0.6) is 5.75 Å². The lowest BCUT2D eigenvalue weighted by Gasteiger charge is -2.34. The van der Waals surface area contributed by atoms with E-state index in [1.807, 2.05) is 6.07 Å². The Morgan fingerprint density at radius 1 is 0.727 bits per heavy atom. The first-order chi connectivity index (χ1) is 15.8. The Bertz CT molecular complexity index is 1220. The zero-order chi connectivity index (χ0) is 23.1. The van der Waals surface area contributed by atoms with Crippen LogP contribution < -0.4 is 4.74 Å². The van der Waals surface area contributed by atoms with Gasteiger partial charge in [-0.05, 0) is 54.3 Å². The van der Waals surface area contributed by atoms with Crippen molar-refractivity contribution in [1.82, 2.24) is 13.5 Å². The van der Waals surface area contributed by atoms with Crippen molar-refractivity contribution in [2.24, 2.45) is 0 Å². The minimum absolute atomic E-state index is 0.134. The number of hydrogen-bond acceptors (Lipinski definition) is 6. The van der Waals surface area contributed by atoms with Gasteiger partial charge in [-0.3, -0.25) is 4.90 Å². The molecule has 0 N–H and O–H groups in total. The molecule has 0 radical (unpaired) electrons. The Morgan fingerprint density at radius 3 is 1.91 bits per heavy atom. The quantitative estimate of drug-likeness (QED) is 0.614. The third kappa shape index (κ3) is 4.54. The van der Waals surface area contributed by atoms with Gasteiger partial charge in [0.15, 0.2) is 0 Å². The molecule has 0 atom stereocenters. The Balaban J connectivity index is 1.22. The van der Waals surface area contributed by atoms with E-state index in [-0.39, 0.29) is 9.79 Å². The number of hydrogen-bond donors (Lipinski definition) is 0. The van der Waals surface area contributed by atoms with Gasteiger partial charge in [-0.25, -0.2) is 16.8 Å². The summed E-state index contributed by atoms with van der Waals surface area (Å²) in [6, 6.07) is 11.9. The van der Waals surface area contributed by atoms with Crippen LogP contribution in [0, 0.1) is 0 Å². The molecule has 3 aliphatic rings. The third-order valence-corrected chi connectivity index (χ3v) is 10.5. The highest BCUT2D eigenvalue weighted by Gasteiger charge is 2.31. The molecule has 0 aliphatic carbocycles. The highest BCUT2D eigenvalue weighted by atomic mass is 32.2. The molecule has 0 unspecified atom stereocenters.